The molecule has 16 heteroatoms. The van der Waals surface area contributed by atoms with Gasteiger partial charge in [-0.1, -0.05) is 23.4 Å². The lowest BCUT2D eigenvalue weighted by molar-refractivity contribution is -0.138. The molecule has 0 N–H and O–H groups in total. The van der Waals surface area contributed by atoms with Crippen LogP contribution in [0.25, 0.3) is 0 Å². The Bertz CT molecular complexity index is 1590. The van der Waals surface area contributed by atoms with Gasteiger partial charge < -0.3 is 14.2 Å². The number of benzene rings is 2. The Morgan fingerprint density at radius 1 is 1.00 bits per heavy atom. The van der Waals surface area contributed by atoms with Crippen LogP contribution in [0.1, 0.15) is 27.2 Å². The monoisotopic (exact) mass is 652 g/mol. The van der Waals surface area contributed by atoms with Gasteiger partial charge in [-0.3, -0.25) is 9.80 Å². The van der Waals surface area contributed by atoms with Crippen LogP contribution < -0.4 is 9.47 Å². The fourth-order valence-electron chi connectivity index (χ4n) is 5.58. The van der Waals surface area contributed by atoms with E-state index in [9.17, 15) is 26.4 Å². The van der Waals surface area contributed by atoms with Gasteiger partial charge in [-0.2, -0.15) is 17.5 Å². The summed E-state index contributed by atoms with van der Waals surface area (Å²) >= 11 is 0. The summed E-state index contributed by atoms with van der Waals surface area (Å²) in [6.07, 6.45) is -3.02. The van der Waals surface area contributed by atoms with Gasteiger partial charge in [0.15, 0.2) is 11.5 Å². The lowest BCUT2D eigenvalue weighted by atomic mass is 10.1. The zero-order valence-corrected chi connectivity index (χ0v) is 25.8. The number of nitrogens with zero attached hydrogens (tertiary/aromatic N) is 6. The highest BCUT2D eigenvalue weighted by Crippen LogP contribution is 2.32. The minimum absolute atomic E-state index is 0.00878. The lowest BCUT2D eigenvalue weighted by Gasteiger charge is -2.37. The van der Waals surface area contributed by atoms with Gasteiger partial charge >= 0.3 is 12.1 Å². The number of ether oxygens (including phenoxy) is 3. The zero-order valence-electron chi connectivity index (χ0n) is 24.9. The number of halogens is 3. The number of hydrogen-bond donors (Lipinski definition) is 0. The van der Waals surface area contributed by atoms with E-state index in [1.54, 1.807) is 18.2 Å². The summed E-state index contributed by atoms with van der Waals surface area (Å²) in [4.78, 5) is 16.8. The number of carbonyl (C=O) groups excluding carboxylic acids is 1. The highest BCUT2D eigenvalue weighted by atomic mass is 32.2. The Hall–Kier alpha value is -3.73. The van der Waals surface area contributed by atoms with Gasteiger partial charge in [0, 0.05) is 45.3 Å². The Kier molecular flexibility index (Phi) is 9.96. The van der Waals surface area contributed by atoms with Crippen LogP contribution in [-0.4, -0.2) is 115 Å². The lowest BCUT2D eigenvalue weighted by Crippen LogP contribution is -2.52. The maximum atomic E-state index is 13.4. The Morgan fingerprint density at radius 3 is 2.44 bits per heavy atom. The van der Waals surface area contributed by atoms with Crippen molar-refractivity contribution in [2.75, 3.05) is 65.8 Å². The molecule has 2 aliphatic rings. The molecule has 45 heavy (non-hydrogen) atoms. The third-order valence-electron chi connectivity index (χ3n) is 7.97. The first-order chi connectivity index (χ1) is 21.5. The van der Waals surface area contributed by atoms with Gasteiger partial charge in [-0.15, -0.1) is 5.10 Å². The van der Waals surface area contributed by atoms with Crippen LogP contribution in [0.15, 0.2) is 48.7 Å². The van der Waals surface area contributed by atoms with E-state index in [2.05, 4.69) is 20.1 Å². The minimum atomic E-state index is -4.50. The standard InChI is InChI=1S/C29H35F3N6O6S/c1-42-26-8-7-21(15-27(26)43-2)28(39)44-14-13-35-9-11-36(12-10-35)24-19-38(45(40,41)20-24)18-23-17-37(34-33-23)16-22-5-3-4-6-25(22)29(30,31)32/h3-8,15,17,24H,9-14,16,18-20H2,1-2H3. The number of esters is 1. The van der Waals surface area contributed by atoms with Gasteiger partial charge in [-0.05, 0) is 29.8 Å². The predicted molar refractivity (Wildman–Crippen MR) is 156 cm³/mol. The summed E-state index contributed by atoms with van der Waals surface area (Å²) in [6, 6.07) is 9.87. The molecule has 2 aromatic carbocycles. The molecule has 0 spiro atoms. The average molecular weight is 653 g/mol. The molecule has 1 unspecified atom stereocenters. The maximum absolute atomic E-state index is 13.4. The van der Waals surface area contributed by atoms with Crippen molar-refractivity contribution < 1.29 is 40.6 Å². The molecule has 0 amide bonds. The van der Waals surface area contributed by atoms with E-state index in [1.807, 2.05) is 0 Å². The highest BCUT2D eigenvalue weighted by molar-refractivity contribution is 7.89. The van der Waals surface area contributed by atoms with Crippen LogP contribution in [0.4, 0.5) is 13.2 Å². The molecule has 1 atom stereocenters. The van der Waals surface area contributed by atoms with Crippen LogP contribution >= 0.6 is 0 Å². The number of alkyl halides is 3. The first kappa shape index (κ1) is 32.7. The number of sulfonamides is 1. The molecule has 2 saturated heterocycles. The van der Waals surface area contributed by atoms with E-state index in [0.717, 1.165) is 6.07 Å². The van der Waals surface area contributed by atoms with Crippen LogP contribution in [0.5, 0.6) is 11.5 Å². The number of carbonyl (C=O) groups is 1. The molecular weight excluding hydrogens is 617 g/mol. The molecule has 12 nitrogen and oxygen atoms in total. The Morgan fingerprint density at radius 2 is 1.73 bits per heavy atom. The van der Waals surface area contributed by atoms with E-state index < -0.39 is 27.7 Å². The summed E-state index contributed by atoms with van der Waals surface area (Å²) in [5.74, 6) is 0.468. The maximum Gasteiger partial charge on any atom is 0.416 e. The second-order valence-electron chi connectivity index (χ2n) is 10.9. The number of methoxy groups -OCH3 is 2. The third-order valence-corrected chi connectivity index (χ3v) is 9.84. The third kappa shape index (κ3) is 7.92. The normalized spacial score (nSPS) is 19.4. The van der Waals surface area contributed by atoms with Crippen molar-refractivity contribution in [2.45, 2.75) is 25.3 Å². The fourth-order valence-corrected chi connectivity index (χ4v) is 7.32. The van der Waals surface area contributed by atoms with Gasteiger partial charge in [0.05, 0.1) is 56.1 Å². The Balaban J connectivity index is 1.08. The molecule has 244 valence electrons. The molecule has 3 aromatic rings. The summed E-state index contributed by atoms with van der Waals surface area (Å²) in [7, 11) is -0.547. The fraction of sp³-hybridized carbons (Fsp3) is 0.483. The van der Waals surface area contributed by atoms with Gasteiger partial charge in [-0.25, -0.2) is 17.9 Å². The average Bonchev–Trinajstić information content (AvgIpc) is 3.59. The molecule has 0 aliphatic carbocycles. The summed E-state index contributed by atoms with van der Waals surface area (Å²) < 4.78 is 84.5. The summed E-state index contributed by atoms with van der Waals surface area (Å²) in [5, 5.41) is 7.94. The minimum Gasteiger partial charge on any atom is -0.493 e. The smallest absolute Gasteiger partial charge is 0.416 e. The molecule has 0 radical (unpaired) electrons. The van der Waals surface area contributed by atoms with Crippen LogP contribution in [-0.2, 0) is 34.0 Å². The molecule has 3 heterocycles. The van der Waals surface area contributed by atoms with Gasteiger partial charge in [0.25, 0.3) is 0 Å². The predicted octanol–water partition coefficient (Wildman–Crippen LogP) is 2.35. The number of rotatable bonds is 11. The van der Waals surface area contributed by atoms with Crippen molar-refractivity contribution in [2.24, 2.45) is 0 Å². The molecular formula is C29H35F3N6O6S. The largest absolute Gasteiger partial charge is 0.493 e. The first-order valence-electron chi connectivity index (χ1n) is 14.3. The van der Waals surface area contributed by atoms with Crippen LogP contribution in [0.3, 0.4) is 0 Å². The van der Waals surface area contributed by atoms with E-state index in [0.29, 0.717) is 55.5 Å². The summed E-state index contributed by atoms with van der Waals surface area (Å²) in [5.41, 5.74) is 0.0169. The second-order valence-corrected chi connectivity index (χ2v) is 12.9. The summed E-state index contributed by atoms with van der Waals surface area (Å²) in [6.45, 7) is 3.60. The van der Waals surface area contributed by atoms with Crippen molar-refractivity contribution in [1.29, 1.82) is 0 Å². The van der Waals surface area contributed by atoms with Crippen LogP contribution in [0.2, 0.25) is 0 Å². The molecule has 2 fully saturated rings. The molecule has 5 rings (SSSR count). The zero-order chi connectivity index (χ0) is 32.2. The van der Waals surface area contributed by atoms with E-state index in [1.165, 1.54) is 47.6 Å². The van der Waals surface area contributed by atoms with E-state index in [4.69, 9.17) is 14.2 Å². The van der Waals surface area contributed by atoms with E-state index in [-0.39, 0.29) is 43.6 Å². The number of piperazine rings is 1. The molecule has 0 saturated carbocycles. The topological polar surface area (TPSA) is 119 Å². The Labute approximate surface area is 259 Å². The van der Waals surface area contributed by atoms with Crippen molar-refractivity contribution >= 4 is 16.0 Å². The SMILES string of the molecule is COc1ccc(C(=O)OCCN2CCN(C3CN(Cc4cn(Cc5ccccc5C(F)(F)F)nn4)S(=O)(=O)C3)CC2)cc1OC. The first-order valence-corrected chi connectivity index (χ1v) is 15.9. The van der Waals surface area contributed by atoms with Crippen LogP contribution in [0, 0.1) is 0 Å². The van der Waals surface area contributed by atoms with Crippen molar-refractivity contribution in [3.63, 3.8) is 0 Å². The number of hydrogen-bond acceptors (Lipinski definition) is 10. The molecule has 1 aromatic heterocycles. The van der Waals surface area contributed by atoms with E-state index >= 15 is 0 Å². The highest BCUT2D eigenvalue weighted by Gasteiger charge is 2.40. The van der Waals surface area contributed by atoms with Crippen molar-refractivity contribution in [1.82, 2.24) is 29.1 Å². The van der Waals surface area contributed by atoms with Gasteiger partial charge in [0.1, 0.15) is 6.61 Å². The quantitative estimate of drug-likeness (QED) is 0.286. The van der Waals surface area contributed by atoms with Gasteiger partial charge in [0.2, 0.25) is 10.0 Å². The molecule has 2 aliphatic heterocycles. The van der Waals surface area contributed by atoms with Crippen molar-refractivity contribution in [3.05, 3.63) is 71.0 Å². The van der Waals surface area contributed by atoms with Crippen molar-refractivity contribution in [3.8, 4) is 11.5 Å². The second kappa shape index (κ2) is 13.7. The molecule has 0 bridgehead atoms. The number of aromatic nitrogens is 3.